The number of nitrogens with one attached hydrogen (secondary N) is 2. The molecule has 4 N–H and O–H groups in total. The Bertz CT molecular complexity index is 1990. The molecule has 4 rings (SSSR count). The Morgan fingerprint density at radius 3 is 2.08 bits per heavy atom. The van der Waals surface area contributed by atoms with E-state index in [1.165, 1.54) is 61.5 Å². The first-order chi connectivity index (χ1) is 18.7. The Morgan fingerprint density at radius 2 is 1.43 bits per heavy atom. The van der Waals surface area contributed by atoms with Crippen LogP contribution in [0.1, 0.15) is 6.92 Å². The van der Waals surface area contributed by atoms with Gasteiger partial charge in [0.25, 0.3) is 30.2 Å². The average molecular weight is 605 g/mol. The molecule has 0 bridgehead atoms. The van der Waals surface area contributed by atoms with Gasteiger partial charge in [0, 0.05) is 18.0 Å². The van der Waals surface area contributed by atoms with Gasteiger partial charge >= 0.3 is 0 Å². The Morgan fingerprint density at radius 1 is 0.775 bits per heavy atom. The van der Waals surface area contributed by atoms with Crippen LogP contribution in [0.5, 0.6) is 5.75 Å². The van der Waals surface area contributed by atoms with Crippen molar-refractivity contribution in [1.29, 1.82) is 0 Å². The standard InChI is InChI=1S/C24H20N4O9S3/c1-15(29)25-17-11-12-19-16(13-17)14-22(40(35,36)37)23(24(19)30)27-26-20-9-5-6-10-21(20)39(33,34)28-38(31,32)18-7-3-2-4-8-18/h2-14,28,30H,1H3,(H,25,29)(H,35,36,37). The van der Waals surface area contributed by atoms with Crippen LogP contribution in [0.2, 0.25) is 0 Å². The summed E-state index contributed by atoms with van der Waals surface area (Å²) in [7, 11) is -14.3. The first-order valence-corrected chi connectivity index (χ1v) is 15.5. The first kappa shape index (κ1) is 28.8. The topological polar surface area (TPSA) is 209 Å². The molecular formula is C24H20N4O9S3. The summed E-state index contributed by atoms with van der Waals surface area (Å²) in [6.07, 6.45) is 0. The molecule has 0 aliphatic heterocycles. The van der Waals surface area contributed by atoms with Crippen LogP contribution >= 0.6 is 0 Å². The highest BCUT2D eigenvalue weighted by atomic mass is 32.3. The monoisotopic (exact) mass is 604 g/mol. The van der Waals surface area contributed by atoms with E-state index >= 15 is 0 Å². The molecule has 0 aliphatic carbocycles. The average Bonchev–Trinajstić information content (AvgIpc) is 2.87. The summed E-state index contributed by atoms with van der Waals surface area (Å²) in [6.45, 7) is 1.26. The quantitative estimate of drug-likeness (QED) is 0.170. The fourth-order valence-corrected chi connectivity index (χ4v) is 7.35. The van der Waals surface area contributed by atoms with Gasteiger partial charge < -0.3 is 10.4 Å². The third kappa shape index (κ3) is 6.16. The number of carbonyl (C=O) groups excluding carboxylic acids is 1. The number of azo groups is 1. The van der Waals surface area contributed by atoms with Crippen molar-refractivity contribution in [3.05, 3.63) is 78.9 Å². The second-order valence-corrected chi connectivity index (χ2v) is 13.2. The molecular weight excluding hydrogens is 584 g/mol. The lowest BCUT2D eigenvalue weighted by atomic mass is 10.1. The van der Waals surface area contributed by atoms with Crippen molar-refractivity contribution in [1.82, 2.24) is 4.13 Å². The van der Waals surface area contributed by atoms with Gasteiger partial charge in [0.15, 0.2) is 5.75 Å². The van der Waals surface area contributed by atoms with E-state index in [1.54, 1.807) is 10.2 Å². The van der Waals surface area contributed by atoms with Crippen molar-refractivity contribution in [2.75, 3.05) is 5.32 Å². The van der Waals surface area contributed by atoms with E-state index in [1.807, 2.05) is 0 Å². The molecule has 0 fully saturated rings. The molecule has 40 heavy (non-hydrogen) atoms. The van der Waals surface area contributed by atoms with E-state index < -0.39 is 63.0 Å². The molecule has 16 heteroatoms. The maximum Gasteiger partial charge on any atom is 0.296 e. The molecule has 0 aromatic heterocycles. The summed E-state index contributed by atoms with van der Waals surface area (Å²) in [5.74, 6) is -1.11. The number of hydrogen-bond acceptors (Lipinski definition) is 10. The Balaban J connectivity index is 1.81. The molecule has 0 unspecified atom stereocenters. The van der Waals surface area contributed by atoms with Crippen LogP contribution in [0.4, 0.5) is 17.1 Å². The van der Waals surface area contributed by atoms with Crippen molar-refractivity contribution in [2.24, 2.45) is 10.2 Å². The molecule has 0 heterocycles. The number of carbonyl (C=O) groups is 1. The lowest BCUT2D eigenvalue weighted by molar-refractivity contribution is -0.114. The van der Waals surface area contributed by atoms with E-state index in [0.29, 0.717) is 0 Å². The van der Waals surface area contributed by atoms with Crippen molar-refractivity contribution < 1.29 is 39.7 Å². The Labute approximate surface area is 229 Å². The first-order valence-electron chi connectivity index (χ1n) is 11.1. The molecule has 0 radical (unpaired) electrons. The molecule has 13 nitrogen and oxygen atoms in total. The SMILES string of the molecule is CC(=O)Nc1ccc2c(O)c(N=Nc3ccccc3S(=O)(=O)NS(=O)(=O)c3ccccc3)c(S(=O)(=O)O)cc2c1. The van der Waals surface area contributed by atoms with Gasteiger partial charge in [0.1, 0.15) is 21.2 Å². The molecule has 0 saturated heterocycles. The largest absolute Gasteiger partial charge is 0.505 e. The normalized spacial score (nSPS) is 12.6. The van der Waals surface area contributed by atoms with E-state index in [9.17, 15) is 39.7 Å². The highest BCUT2D eigenvalue weighted by Crippen LogP contribution is 2.42. The van der Waals surface area contributed by atoms with Gasteiger partial charge in [-0.2, -0.15) is 8.42 Å². The van der Waals surface area contributed by atoms with Crippen molar-refractivity contribution in [3.8, 4) is 5.75 Å². The Kier molecular flexibility index (Phi) is 7.73. The Hall–Kier alpha value is -4.22. The highest BCUT2D eigenvalue weighted by Gasteiger charge is 2.27. The van der Waals surface area contributed by atoms with Crippen LogP contribution in [-0.2, 0) is 35.0 Å². The van der Waals surface area contributed by atoms with Gasteiger partial charge in [-0.3, -0.25) is 9.35 Å². The molecule has 4 aromatic carbocycles. The summed E-state index contributed by atoms with van der Waals surface area (Å²) in [5.41, 5.74) is -0.827. The van der Waals surface area contributed by atoms with Gasteiger partial charge in [-0.25, -0.2) is 16.8 Å². The lowest BCUT2D eigenvalue weighted by Gasteiger charge is -2.11. The molecule has 0 aliphatic rings. The number of benzene rings is 4. The fourth-order valence-electron chi connectivity index (χ4n) is 3.63. The van der Waals surface area contributed by atoms with E-state index in [0.717, 1.165) is 18.2 Å². The number of sulfonamides is 2. The fraction of sp³-hybridized carbons (Fsp3) is 0.0417. The number of anilines is 1. The number of hydrogen-bond donors (Lipinski definition) is 4. The molecule has 1 amide bonds. The summed E-state index contributed by atoms with van der Waals surface area (Å²) in [5, 5.41) is 21.0. The lowest BCUT2D eigenvalue weighted by Crippen LogP contribution is -2.30. The zero-order valence-electron chi connectivity index (χ0n) is 20.4. The van der Waals surface area contributed by atoms with E-state index in [-0.39, 0.29) is 21.4 Å². The minimum Gasteiger partial charge on any atom is -0.505 e. The number of phenols is 1. The third-order valence-corrected chi connectivity index (χ3v) is 9.77. The van der Waals surface area contributed by atoms with Gasteiger partial charge in [0.2, 0.25) is 5.91 Å². The highest BCUT2D eigenvalue weighted by molar-refractivity contribution is 8.04. The summed E-state index contributed by atoms with van der Waals surface area (Å²) < 4.78 is 87.0. The number of phenolic OH excluding ortho intramolecular Hbond substituents is 1. The number of rotatable bonds is 8. The molecule has 0 atom stereocenters. The zero-order chi connectivity index (χ0) is 29.3. The van der Waals surface area contributed by atoms with Crippen LogP contribution in [0.15, 0.2) is 104 Å². The van der Waals surface area contributed by atoms with Crippen molar-refractivity contribution >= 4 is 63.9 Å². The predicted octanol–water partition coefficient (Wildman–Crippen LogP) is 3.83. The minimum atomic E-state index is -4.99. The third-order valence-electron chi connectivity index (χ3n) is 5.33. The molecule has 208 valence electrons. The number of amides is 1. The van der Waals surface area contributed by atoms with Crippen LogP contribution in [0.3, 0.4) is 0 Å². The summed E-state index contributed by atoms with van der Waals surface area (Å²) in [6, 6.07) is 16.8. The number of nitrogens with zero attached hydrogens (tertiary/aromatic N) is 2. The maximum absolute atomic E-state index is 13.0. The number of fused-ring (bicyclic) bond motifs is 1. The molecule has 0 saturated carbocycles. The van der Waals surface area contributed by atoms with E-state index in [2.05, 4.69) is 15.5 Å². The van der Waals surface area contributed by atoms with Crippen LogP contribution in [-0.4, -0.2) is 40.8 Å². The maximum atomic E-state index is 13.0. The van der Waals surface area contributed by atoms with Crippen molar-refractivity contribution in [2.45, 2.75) is 21.6 Å². The van der Waals surface area contributed by atoms with E-state index in [4.69, 9.17) is 0 Å². The second-order valence-electron chi connectivity index (χ2n) is 8.24. The number of aromatic hydroxyl groups is 1. The predicted molar refractivity (Wildman–Crippen MR) is 144 cm³/mol. The molecule has 4 aromatic rings. The van der Waals surface area contributed by atoms with Crippen LogP contribution in [0, 0.1) is 0 Å². The van der Waals surface area contributed by atoms with Crippen LogP contribution < -0.4 is 9.44 Å². The summed E-state index contributed by atoms with van der Waals surface area (Å²) in [4.78, 5) is 9.58. The summed E-state index contributed by atoms with van der Waals surface area (Å²) >= 11 is 0. The molecule has 0 spiro atoms. The van der Waals surface area contributed by atoms with Gasteiger partial charge in [-0.05, 0) is 53.9 Å². The zero-order valence-corrected chi connectivity index (χ0v) is 22.8. The van der Waals surface area contributed by atoms with Gasteiger partial charge in [0.05, 0.1) is 4.90 Å². The minimum absolute atomic E-state index is 0.0759. The van der Waals surface area contributed by atoms with Crippen molar-refractivity contribution in [3.63, 3.8) is 0 Å². The smallest absolute Gasteiger partial charge is 0.296 e. The second kappa shape index (κ2) is 10.7. The van der Waals surface area contributed by atoms with Gasteiger partial charge in [-0.15, -0.1) is 14.4 Å². The van der Waals surface area contributed by atoms with Crippen LogP contribution in [0.25, 0.3) is 10.8 Å². The van der Waals surface area contributed by atoms with Gasteiger partial charge in [-0.1, -0.05) is 30.3 Å².